The Hall–Kier alpha value is -2.38. The first kappa shape index (κ1) is 18.0. The lowest BCUT2D eigenvalue weighted by Gasteiger charge is -2.14. The highest BCUT2D eigenvalue weighted by Gasteiger charge is 2.17. The molecule has 0 aliphatic heterocycles. The number of carbonyl (C=O) groups is 1. The Labute approximate surface area is 141 Å². The van der Waals surface area contributed by atoms with Gasteiger partial charge in [0.15, 0.2) is 6.61 Å². The number of carboxylic acid groups (broad SMARTS) is 1. The quantitative estimate of drug-likeness (QED) is 0.761. The molecule has 0 heterocycles. The van der Waals surface area contributed by atoms with Crippen LogP contribution in [0.3, 0.4) is 0 Å². The molecule has 0 bridgehead atoms. The predicted molar refractivity (Wildman–Crippen MR) is 89.5 cm³/mol. The number of hydrogen-bond donors (Lipinski definition) is 2. The Kier molecular flexibility index (Phi) is 5.94. The molecular formula is C17H19NO5S. The topological polar surface area (TPSA) is 92.7 Å². The number of benzene rings is 2. The Bertz CT molecular complexity index is 772. The highest BCUT2D eigenvalue weighted by molar-refractivity contribution is 7.89. The summed E-state index contributed by atoms with van der Waals surface area (Å²) in [5.41, 5.74) is 0.918. The normalized spacial score (nSPS) is 12.5. The molecule has 2 aromatic carbocycles. The van der Waals surface area contributed by atoms with E-state index in [0.29, 0.717) is 12.2 Å². The fourth-order valence-electron chi connectivity index (χ4n) is 2.19. The molecule has 24 heavy (non-hydrogen) atoms. The third kappa shape index (κ3) is 5.36. The van der Waals surface area contributed by atoms with E-state index in [2.05, 4.69) is 4.72 Å². The molecular weight excluding hydrogens is 330 g/mol. The maximum atomic E-state index is 12.2. The van der Waals surface area contributed by atoms with Gasteiger partial charge in [-0.1, -0.05) is 30.3 Å². The van der Waals surface area contributed by atoms with Gasteiger partial charge in [0, 0.05) is 6.04 Å². The van der Waals surface area contributed by atoms with E-state index < -0.39 is 22.6 Å². The number of ether oxygens (including phenoxy) is 1. The van der Waals surface area contributed by atoms with Crippen LogP contribution in [0.15, 0.2) is 59.5 Å². The second-order valence-corrected chi connectivity index (χ2v) is 7.08. The second kappa shape index (κ2) is 7.94. The number of aliphatic carboxylic acids is 1. The Morgan fingerprint density at radius 2 is 1.75 bits per heavy atom. The smallest absolute Gasteiger partial charge is 0.341 e. The highest BCUT2D eigenvalue weighted by atomic mass is 32.2. The lowest BCUT2D eigenvalue weighted by atomic mass is 10.1. The van der Waals surface area contributed by atoms with Gasteiger partial charge in [0.1, 0.15) is 5.75 Å². The van der Waals surface area contributed by atoms with E-state index in [1.54, 1.807) is 61.5 Å². The molecule has 0 amide bonds. The first-order chi connectivity index (χ1) is 11.4. The van der Waals surface area contributed by atoms with Crippen LogP contribution >= 0.6 is 0 Å². The largest absolute Gasteiger partial charge is 0.482 e. The van der Waals surface area contributed by atoms with Crippen LogP contribution in [0.25, 0.3) is 0 Å². The first-order valence-corrected chi connectivity index (χ1v) is 8.86. The van der Waals surface area contributed by atoms with Crippen LogP contribution in [-0.2, 0) is 21.2 Å². The van der Waals surface area contributed by atoms with Crippen LogP contribution in [0.5, 0.6) is 5.75 Å². The Morgan fingerprint density at radius 3 is 2.33 bits per heavy atom. The molecule has 0 aliphatic carbocycles. The van der Waals surface area contributed by atoms with E-state index in [1.165, 1.54) is 0 Å². The van der Waals surface area contributed by atoms with Crippen LogP contribution in [-0.4, -0.2) is 32.1 Å². The summed E-state index contributed by atoms with van der Waals surface area (Å²) in [6.07, 6.45) is 0.505. The van der Waals surface area contributed by atoms with Crippen molar-refractivity contribution in [3.63, 3.8) is 0 Å². The molecule has 0 aromatic heterocycles. The molecule has 0 unspecified atom stereocenters. The van der Waals surface area contributed by atoms with E-state index >= 15 is 0 Å². The van der Waals surface area contributed by atoms with E-state index in [4.69, 9.17) is 9.84 Å². The summed E-state index contributed by atoms with van der Waals surface area (Å²) >= 11 is 0. The third-order valence-electron chi connectivity index (χ3n) is 3.24. The fraction of sp³-hybridized carbons (Fsp3) is 0.235. The average Bonchev–Trinajstić information content (AvgIpc) is 2.54. The zero-order valence-corrected chi connectivity index (χ0v) is 14.0. The maximum absolute atomic E-state index is 12.2. The van der Waals surface area contributed by atoms with E-state index in [-0.39, 0.29) is 10.9 Å². The number of sulfonamides is 1. The molecule has 0 saturated heterocycles. The van der Waals surface area contributed by atoms with Gasteiger partial charge in [0.25, 0.3) is 0 Å². The van der Waals surface area contributed by atoms with E-state index in [0.717, 1.165) is 5.56 Å². The monoisotopic (exact) mass is 349 g/mol. The minimum Gasteiger partial charge on any atom is -0.482 e. The van der Waals surface area contributed by atoms with Gasteiger partial charge in [-0.25, -0.2) is 17.9 Å². The molecule has 0 spiro atoms. The van der Waals surface area contributed by atoms with Gasteiger partial charge in [-0.15, -0.1) is 0 Å². The fourth-order valence-corrected chi connectivity index (χ4v) is 3.46. The van der Waals surface area contributed by atoms with Gasteiger partial charge in [-0.05, 0) is 43.2 Å². The van der Waals surface area contributed by atoms with Gasteiger partial charge >= 0.3 is 5.97 Å². The molecule has 7 heteroatoms. The maximum Gasteiger partial charge on any atom is 0.341 e. The molecule has 0 saturated carbocycles. The third-order valence-corrected chi connectivity index (χ3v) is 4.84. The van der Waals surface area contributed by atoms with E-state index in [1.807, 2.05) is 0 Å². The Morgan fingerprint density at radius 1 is 1.12 bits per heavy atom. The molecule has 128 valence electrons. The zero-order chi connectivity index (χ0) is 17.6. The highest BCUT2D eigenvalue weighted by Crippen LogP contribution is 2.14. The summed E-state index contributed by atoms with van der Waals surface area (Å²) in [4.78, 5) is 10.7. The molecule has 6 nitrogen and oxygen atoms in total. The van der Waals surface area contributed by atoms with Crippen LogP contribution in [0.1, 0.15) is 12.5 Å². The molecule has 0 radical (unpaired) electrons. The van der Waals surface area contributed by atoms with Crippen molar-refractivity contribution in [2.75, 3.05) is 6.61 Å². The summed E-state index contributed by atoms with van der Waals surface area (Å²) in [7, 11) is -3.55. The number of nitrogens with one attached hydrogen (secondary N) is 1. The van der Waals surface area contributed by atoms with Crippen molar-refractivity contribution in [3.8, 4) is 5.75 Å². The molecule has 0 aliphatic rings. The lowest BCUT2D eigenvalue weighted by molar-refractivity contribution is -0.139. The summed E-state index contributed by atoms with van der Waals surface area (Å²) < 4.78 is 32.2. The summed E-state index contributed by atoms with van der Waals surface area (Å²) in [5, 5.41) is 8.56. The SMILES string of the molecule is C[C@@H](Cc1ccc(OCC(=O)O)cc1)NS(=O)(=O)c1ccccc1. The molecule has 2 aromatic rings. The van der Waals surface area contributed by atoms with Crippen LogP contribution in [0.2, 0.25) is 0 Å². The van der Waals surface area contributed by atoms with Gasteiger partial charge < -0.3 is 9.84 Å². The number of hydrogen-bond acceptors (Lipinski definition) is 4. The van der Waals surface area contributed by atoms with Crippen molar-refractivity contribution >= 4 is 16.0 Å². The molecule has 2 N–H and O–H groups in total. The van der Waals surface area contributed by atoms with Crippen molar-refractivity contribution in [3.05, 3.63) is 60.2 Å². The van der Waals surface area contributed by atoms with Gasteiger partial charge in [0.2, 0.25) is 10.0 Å². The first-order valence-electron chi connectivity index (χ1n) is 7.38. The zero-order valence-electron chi connectivity index (χ0n) is 13.2. The summed E-state index contributed by atoms with van der Waals surface area (Å²) in [6.45, 7) is 1.39. The van der Waals surface area contributed by atoms with Crippen molar-refractivity contribution < 1.29 is 23.1 Å². The second-order valence-electron chi connectivity index (χ2n) is 5.37. The van der Waals surface area contributed by atoms with Gasteiger partial charge in [0.05, 0.1) is 4.90 Å². The van der Waals surface area contributed by atoms with Gasteiger partial charge in [-0.2, -0.15) is 0 Å². The van der Waals surface area contributed by atoms with Crippen molar-refractivity contribution in [1.82, 2.24) is 4.72 Å². The van der Waals surface area contributed by atoms with Crippen LogP contribution < -0.4 is 9.46 Å². The van der Waals surface area contributed by atoms with Crippen molar-refractivity contribution in [1.29, 1.82) is 0 Å². The molecule has 1 atom stereocenters. The average molecular weight is 349 g/mol. The predicted octanol–water partition coefficient (Wildman–Crippen LogP) is 2.06. The lowest BCUT2D eigenvalue weighted by Crippen LogP contribution is -2.34. The molecule has 2 rings (SSSR count). The number of carboxylic acids is 1. The van der Waals surface area contributed by atoms with Crippen LogP contribution in [0.4, 0.5) is 0 Å². The Balaban J connectivity index is 1.95. The minimum absolute atomic E-state index is 0.231. The molecule has 0 fully saturated rings. The van der Waals surface area contributed by atoms with Crippen LogP contribution in [0, 0.1) is 0 Å². The standard InChI is InChI=1S/C17H19NO5S/c1-13(18-24(21,22)16-5-3-2-4-6-16)11-14-7-9-15(10-8-14)23-12-17(19)20/h2-10,13,18H,11-12H2,1H3,(H,19,20)/t13-/m0/s1. The number of rotatable bonds is 8. The van der Waals surface area contributed by atoms with Gasteiger partial charge in [-0.3, -0.25) is 0 Å². The summed E-state index contributed by atoms with van der Waals surface area (Å²) in [6, 6.07) is 14.8. The van der Waals surface area contributed by atoms with Crippen molar-refractivity contribution in [2.24, 2.45) is 0 Å². The van der Waals surface area contributed by atoms with E-state index in [9.17, 15) is 13.2 Å². The van der Waals surface area contributed by atoms with Crippen molar-refractivity contribution in [2.45, 2.75) is 24.3 Å². The summed E-state index contributed by atoms with van der Waals surface area (Å²) in [5.74, 6) is -0.582. The minimum atomic E-state index is -3.55.